The smallest absolute Gasteiger partial charge is 0.146 e. The van der Waals surface area contributed by atoms with Gasteiger partial charge in [-0.15, -0.1) is 0 Å². The van der Waals surface area contributed by atoms with Gasteiger partial charge in [0.05, 0.1) is 18.9 Å². The summed E-state index contributed by atoms with van der Waals surface area (Å²) in [5.41, 5.74) is 3.80. The van der Waals surface area contributed by atoms with E-state index in [0.717, 1.165) is 35.2 Å². The van der Waals surface area contributed by atoms with Crippen molar-refractivity contribution in [2.24, 2.45) is 0 Å². The van der Waals surface area contributed by atoms with E-state index < -0.39 is 6.10 Å². The molecule has 0 saturated carbocycles. The van der Waals surface area contributed by atoms with E-state index in [1.807, 2.05) is 38.1 Å². The number of fused-ring (bicyclic) bond motifs is 1. The summed E-state index contributed by atoms with van der Waals surface area (Å²) in [6.45, 7) is 9.74. The Morgan fingerprint density at radius 2 is 1.55 bits per heavy atom. The van der Waals surface area contributed by atoms with Crippen molar-refractivity contribution in [3.63, 3.8) is 0 Å². The van der Waals surface area contributed by atoms with Gasteiger partial charge in [0.25, 0.3) is 0 Å². The number of benzene rings is 2. The molecule has 0 saturated heterocycles. The molecule has 3 aromatic rings. The van der Waals surface area contributed by atoms with Gasteiger partial charge in [-0.3, -0.25) is 0 Å². The van der Waals surface area contributed by atoms with E-state index in [4.69, 9.17) is 9.72 Å². The maximum absolute atomic E-state index is 9.29. The zero-order valence-electron chi connectivity index (χ0n) is 17.8. The first-order chi connectivity index (χ1) is 14.2. The summed E-state index contributed by atoms with van der Waals surface area (Å²) in [7, 11) is 0. The van der Waals surface area contributed by atoms with Crippen LogP contribution in [0.5, 0.6) is 5.75 Å². The second kappa shape index (κ2) is 11.4. The van der Waals surface area contributed by atoms with E-state index in [9.17, 15) is 10.2 Å². The number of nitrogens with zero attached hydrogens (tertiary/aromatic N) is 2. The molecule has 0 atom stereocenters. The molecule has 0 aliphatic heterocycles. The summed E-state index contributed by atoms with van der Waals surface area (Å²) in [4.78, 5) is 7.08. The first kappa shape index (κ1) is 22.7. The summed E-state index contributed by atoms with van der Waals surface area (Å²) < 4.78 is 5.73. The zero-order chi connectivity index (χ0) is 21.2. The first-order valence-corrected chi connectivity index (χ1v) is 10.3. The molecule has 1 heterocycles. The third-order valence-corrected chi connectivity index (χ3v) is 4.68. The van der Waals surface area contributed by atoms with E-state index >= 15 is 0 Å². The first-order valence-electron chi connectivity index (χ1n) is 10.3. The molecule has 0 fully saturated rings. The average molecular weight is 397 g/mol. The summed E-state index contributed by atoms with van der Waals surface area (Å²) in [5, 5.41) is 19.5. The molecule has 0 spiro atoms. The average Bonchev–Trinajstić information content (AvgIpc) is 2.80. The minimum Gasteiger partial charge on any atom is -0.483 e. The van der Waals surface area contributed by atoms with Gasteiger partial charge in [-0.05, 0) is 38.1 Å². The summed E-state index contributed by atoms with van der Waals surface area (Å²) >= 11 is 0. The van der Waals surface area contributed by atoms with Gasteiger partial charge in [0, 0.05) is 29.7 Å². The molecule has 5 heteroatoms. The highest BCUT2D eigenvalue weighted by molar-refractivity contribution is 5.86. The van der Waals surface area contributed by atoms with Crippen LogP contribution in [-0.2, 0) is 0 Å². The molecule has 3 rings (SSSR count). The molecule has 29 heavy (non-hydrogen) atoms. The lowest BCUT2D eigenvalue weighted by Gasteiger charge is -2.21. The minimum absolute atomic E-state index is 0.251. The van der Waals surface area contributed by atoms with Crippen molar-refractivity contribution in [3.05, 3.63) is 54.6 Å². The van der Waals surface area contributed by atoms with Gasteiger partial charge < -0.3 is 19.8 Å². The largest absolute Gasteiger partial charge is 0.483 e. The van der Waals surface area contributed by atoms with Gasteiger partial charge in [-0.2, -0.15) is 0 Å². The summed E-state index contributed by atoms with van der Waals surface area (Å²) in [6.07, 6.45) is -0.658. The van der Waals surface area contributed by atoms with Crippen LogP contribution in [0.25, 0.3) is 22.2 Å². The fourth-order valence-corrected chi connectivity index (χ4v) is 3.12. The fourth-order valence-electron chi connectivity index (χ4n) is 3.12. The molecule has 156 valence electrons. The van der Waals surface area contributed by atoms with Crippen molar-refractivity contribution in [1.82, 2.24) is 4.98 Å². The number of hydrogen-bond donors (Lipinski definition) is 2. The Labute approximate surface area is 173 Å². The van der Waals surface area contributed by atoms with E-state index in [-0.39, 0.29) is 13.2 Å². The number of anilines is 1. The Bertz CT molecular complexity index is 873. The maximum atomic E-state index is 9.29. The van der Waals surface area contributed by atoms with Crippen molar-refractivity contribution >= 4 is 16.6 Å². The van der Waals surface area contributed by atoms with Crippen LogP contribution in [0.4, 0.5) is 5.69 Å². The molecule has 1 aromatic heterocycles. The standard InChI is InChI=1S/C22H26N2O3.C2H6/c1-3-24(4-2)18-11-8-16(9-12-18)20-13-10-17-6-5-7-21(22(17)23-20)27-19(14-25)15-26;1-2/h5-13,19,25-26H,3-4,14-15H2,1-2H3;1-2H3. The minimum atomic E-state index is -0.658. The fraction of sp³-hybridized carbons (Fsp3) is 0.375. The molecule has 0 amide bonds. The third kappa shape index (κ3) is 5.46. The number of aliphatic hydroxyl groups excluding tert-OH is 2. The number of ether oxygens (including phenoxy) is 1. The molecule has 0 aliphatic carbocycles. The van der Waals surface area contributed by atoms with Crippen LogP contribution < -0.4 is 9.64 Å². The summed E-state index contributed by atoms with van der Waals surface area (Å²) in [6, 6.07) is 18.0. The lowest BCUT2D eigenvalue weighted by molar-refractivity contribution is 0.0639. The lowest BCUT2D eigenvalue weighted by Crippen LogP contribution is -2.25. The van der Waals surface area contributed by atoms with Crippen LogP contribution in [0.1, 0.15) is 27.7 Å². The van der Waals surface area contributed by atoms with Crippen LogP contribution in [-0.4, -0.2) is 47.6 Å². The lowest BCUT2D eigenvalue weighted by atomic mass is 10.1. The molecular weight excluding hydrogens is 364 g/mol. The number of rotatable bonds is 8. The van der Waals surface area contributed by atoms with Crippen molar-refractivity contribution in [3.8, 4) is 17.0 Å². The quantitative estimate of drug-likeness (QED) is 0.587. The summed E-state index contributed by atoms with van der Waals surface area (Å²) in [5.74, 6) is 0.558. The molecule has 2 aromatic carbocycles. The molecule has 2 N–H and O–H groups in total. The molecule has 0 aliphatic rings. The van der Waals surface area contributed by atoms with Gasteiger partial charge in [0.1, 0.15) is 17.4 Å². The Balaban J connectivity index is 0.00000145. The molecule has 0 unspecified atom stereocenters. The second-order valence-corrected chi connectivity index (χ2v) is 6.35. The van der Waals surface area contributed by atoms with Crippen molar-refractivity contribution in [2.45, 2.75) is 33.8 Å². The molecular formula is C24H32N2O3. The van der Waals surface area contributed by atoms with E-state index in [0.29, 0.717) is 5.75 Å². The van der Waals surface area contributed by atoms with Crippen molar-refractivity contribution < 1.29 is 14.9 Å². The van der Waals surface area contributed by atoms with Crippen molar-refractivity contribution in [2.75, 3.05) is 31.2 Å². The Hall–Kier alpha value is -2.63. The van der Waals surface area contributed by atoms with Gasteiger partial charge >= 0.3 is 0 Å². The van der Waals surface area contributed by atoms with Gasteiger partial charge in [0.2, 0.25) is 0 Å². The highest BCUT2D eigenvalue weighted by Crippen LogP contribution is 2.29. The predicted octanol–water partition coefficient (Wildman–Crippen LogP) is 4.51. The van der Waals surface area contributed by atoms with Crippen LogP contribution in [0, 0.1) is 0 Å². The molecule has 5 nitrogen and oxygen atoms in total. The van der Waals surface area contributed by atoms with E-state index in [2.05, 4.69) is 43.0 Å². The topological polar surface area (TPSA) is 65.8 Å². The van der Waals surface area contributed by atoms with Crippen LogP contribution in [0.15, 0.2) is 54.6 Å². The predicted molar refractivity (Wildman–Crippen MR) is 121 cm³/mol. The number of pyridine rings is 1. The van der Waals surface area contributed by atoms with Crippen LogP contribution in [0.3, 0.4) is 0 Å². The number of hydrogen-bond acceptors (Lipinski definition) is 5. The van der Waals surface area contributed by atoms with Gasteiger partial charge in [-0.25, -0.2) is 4.98 Å². The highest BCUT2D eigenvalue weighted by atomic mass is 16.5. The van der Waals surface area contributed by atoms with E-state index in [1.165, 1.54) is 5.69 Å². The van der Waals surface area contributed by atoms with Crippen molar-refractivity contribution in [1.29, 1.82) is 0 Å². The highest BCUT2D eigenvalue weighted by Gasteiger charge is 2.12. The van der Waals surface area contributed by atoms with Crippen LogP contribution in [0.2, 0.25) is 0 Å². The second-order valence-electron chi connectivity index (χ2n) is 6.35. The maximum Gasteiger partial charge on any atom is 0.146 e. The van der Waals surface area contributed by atoms with E-state index in [1.54, 1.807) is 6.07 Å². The number of aromatic nitrogens is 1. The SMILES string of the molecule is CC.CCN(CC)c1ccc(-c2ccc3cccc(OC(CO)CO)c3n2)cc1. The Morgan fingerprint density at radius 3 is 2.14 bits per heavy atom. The molecule has 0 bridgehead atoms. The third-order valence-electron chi connectivity index (χ3n) is 4.68. The van der Waals surface area contributed by atoms with Gasteiger partial charge in [-0.1, -0.05) is 44.2 Å². The number of para-hydroxylation sites is 1. The number of aliphatic hydroxyl groups is 2. The molecule has 0 radical (unpaired) electrons. The normalized spacial score (nSPS) is 10.6. The monoisotopic (exact) mass is 396 g/mol. The Kier molecular flexibility index (Phi) is 8.90. The van der Waals surface area contributed by atoms with Crippen LogP contribution >= 0.6 is 0 Å². The Morgan fingerprint density at radius 1 is 0.897 bits per heavy atom. The zero-order valence-corrected chi connectivity index (χ0v) is 17.8. The van der Waals surface area contributed by atoms with Gasteiger partial charge in [0.15, 0.2) is 0 Å².